The van der Waals surface area contributed by atoms with Crippen molar-refractivity contribution in [2.75, 3.05) is 18.1 Å². The largest absolute Gasteiger partial charge is 0.452 e. The van der Waals surface area contributed by atoms with Crippen molar-refractivity contribution < 1.29 is 22.7 Å². The fourth-order valence-corrected chi connectivity index (χ4v) is 6.21. The first-order valence-corrected chi connectivity index (χ1v) is 13.7. The number of pyridine rings is 1. The van der Waals surface area contributed by atoms with Gasteiger partial charge in [0.2, 0.25) is 0 Å². The van der Waals surface area contributed by atoms with E-state index in [1.54, 1.807) is 17.0 Å². The van der Waals surface area contributed by atoms with Gasteiger partial charge in [0, 0.05) is 23.0 Å². The number of ether oxygens (including phenoxy) is 1. The summed E-state index contributed by atoms with van der Waals surface area (Å²) >= 11 is 0. The number of carbonyl (C=O) groups is 2. The van der Waals surface area contributed by atoms with Crippen molar-refractivity contribution in [3.63, 3.8) is 0 Å². The predicted molar refractivity (Wildman–Crippen MR) is 136 cm³/mol. The Kier molecular flexibility index (Phi) is 7.21. The molecule has 1 aliphatic heterocycles. The normalized spacial score (nSPS) is 17.7. The smallest absolute Gasteiger partial charge is 0.339 e. The lowest BCUT2D eigenvalue weighted by molar-refractivity contribution is -0.138. The van der Waals surface area contributed by atoms with Crippen molar-refractivity contribution in [1.29, 1.82) is 0 Å². The van der Waals surface area contributed by atoms with Crippen molar-refractivity contribution in [3.05, 3.63) is 65.7 Å². The Morgan fingerprint density at radius 2 is 1.86 bits per heavy atom. The Hall–Kier alpha value is -3.26. The highest BCUT2D eigenvalue weighted by Crippen LogP contribution is 2.26. The third-order valence-electron chi connectivity index (χ3n) is 6.57. The lowest BCUT2D eigenvalue weighted by Gasteiger charge is -2.33. The molecule has 35 heavy (non-hydrogen) atoms. The maximum absolute atomic E-state index is 13.2. The van der Waals surface area contributed by atoms with Crippen LogP contribution in [-0.4, -0.2) is 60.4 Å². The van der Waals surface area contributed by atoms with Crippen LogP contribution in [0.1, 0.15) is 42.6 Å². The Labute approximate surface area is 206 Å². The van der Waals surface area contributed by atoms with Gasteiger partial charge in [-0.05, 0) is 38.8 Å². The molecule has 4 rings (SSSR count). The van der Waals surface area contributed by atoms with Gasteiger partial charge >= 0.3 is 5.97 Å². The average molecular weight is 495 g/mol. The van der Waals surface area contributed by atoms with E-state index in [1.165, 1.54) is 0 Å². The van der Waals surface area contributed by atoms with Gasteiger partial charge in [-0.2, -0.15) is 0 Å². The number of hydrogen-bond donors (Lipinski definition) is 0. The lowest BCUT2D eigenvalue weighted by atomic mass is 10.0. The number of aromatic nitrogens is 1. The fourth-order valence-electron chi connectivity index (χ4n) is 4.50. The van der Waals surface area contributed by atoms with Crippen LogP contribution in [0.4, 0.5) is 0 Å². The van der Waals surface area contributed by atoms with Gasteiger partial charge in [0.15, 0.2) is 16.4 Å². The zero-order chi connectivity index (χ0) is 25.2. The van der Waals surface area contributed by atoms with Crippen molar-refractivity contribution in [2.45, 2.75) is 45.7 Å². The van der Waals surface area contributed by atoms with E-state index in [0.717, 1.165) is 11.1 Å². The molecule has 0 bridgehead atoms. The first-order valence-electron chi connectivity index (χ1n) is 11.8. The number of fused-ring (bicyclic) bond motifs is 1. The highest BCUT2D eigenvalue weighted by atomic mass is 32.2. The number of carbonyl (C=O) groups excluding carboxylic acids is 2. The zero-order valence-corrected chi connectivity index (χ0v) is 21.0. The SMILES string of the molecule is CCC(C)N(C(=O)COC(=O)c1cc(-c2ccc(C)cc2)nc2ccccc12)C1CCS(=O)(=O)C1. The second-order valence-corrected chi connectivity index (χ2v) is 11.4. The van der Waals surface area contributed by atoms with E-state index in [9.17, 15) is 18.0 Å². The molecule has 2 heterocycles. The molecule has 8 heteroatoms. The minimum absolute atomic E-state index is 0.0497. The molecule has 3 aromatic rings. The standard InChI is InChI=1S/C27H30N2O5S/c1-4-19(3)29(21-13-14-35(32,33)17-21)26(30)16-34-27(31)23-15-25(20-11-9-18(2)10-12-20)28-24-8-6-5-7-22(23)24/h5-12,15,19,21H,4,13-14,16-17H2,1-3H3. The summed E-state index contributed by atoms with van der Waals surface area (Å²) in [6.07, 6.45) is 1.08. The molecule has 7 nitrogen and oxygen atoms in total. The average Bonchev–Trinajstić information content (AvgIpc) is 3.21. The molecule has 0 radical (unpaired) electrons. The van der Waals surface area contributed by atoms with Gasteiger partial charge in [-0.1, -0.05) is 55.0 Å². The van der Waals surface area contributed by atoms with E-state index in [2.05, 4.69) is 0 Å². The van der Waals surface area contributed by atoms with Gasteiger partial charge in [0.25, 0.3) is 5.91 Å². The summed E-state index contributed by atoms with van der Waals surface area (Å²) < 4.78 is 29.5. The van der Waals surface area contributed by atoms with Gasteiger partial charge in [0.1, 0.15) is 0 Å². The molecule has 0 aliphatic carbocycles. The zero-order valence-electron chi connectivity index (χ0n) is 20.2. The second kappa shape index (κ2) is 10.2. The molecule has 0 saturated carbocycles. The van der Waals surface area contributed by atoms with Gasteiger partial charge in [-0.15, -0.1) is 0 Å². The van der Waals surface area contributed by atoms with E-state index in [-0.39, 0.29) is 23.5 Å². The van der Waals surface area contributed by atoms with Gasteiger partial charge in [-0.25, -0.2) is 18.2 Å². The van der Waals surface area contributed by atoms with Gasteiger partial charge in [-0.3, -0.25) is 4.79 Å². The van der Waals surface area contributed by atoms with Crippen LogP contribution in [0.15, 0.2) is 54.6 Å². The molecule has 2 atom stereocenters. The topological polar surface area (TPSA) is 93.6 Å². The summed E-state index contributed by atoms with van der Waals surface area (Å²) in [6.45, 7) is 5.38. The number of sulfone groups is 1. The molecule has 1 aromatic heterocycles. The first-order chi connectivity index (χ1) is 16.7. The number of benzene rings is 2. The van der Waals surface area contributed by atoms with Crippen LogP contribution in [-0.2, 0) is 19.4 Å². The lowest BCUT2D eigenvalue weighted by Crippen LogP contribution is -2.48. The van der Waals surface area contributed by atoms with E-state index in [4.69, 9.17) is 9.72 Å². The van der Waals surface area contributed by atoms with Crippen LogP contribution < -0.4 is 0 Å². The quantitative estimate of drug-likeness (QED) is 0.458. The molecule has 1 fully saturated rings. The van der Waals surface area contributed by atoms with Crippen molar-refractivity contribution >= 4 is 32.6 Å². The monoisotopic (exact) mass is 494 g/mol. The maximum atomic E-state index is 13.2. The van der Waals surface area contributed by atoms with Gasteiger partial charge < -0.3 is 9.64 Å². The molecule has 1 aliphatic rings. The van der Waals surface area contributed by atoms with Crippen molar-refractivity contribution in [2.24, 2.45) is 0 Å². The number of hydrogen-bond acceptors (Lipinski definition) is 6. The number of rotatable bonds is 7. The predicted octanol–water partition coefficient (Wildman–Crippen LogP) is 4.18. The third-order valence-corrected chi connectivity index (χ3v) is 8.32. The van der Waals surface area contributed by atoms with Crippen LogP contribution in [0.3, 0.4) is 0 Å². The molecule has 1 amide bonds. The molecule has 2 unspecified atom stereocenters. The second-order valence-electron chi connectivity index (χ2n) is 9.13. The van der Waals surface area contributed by atoms with Crippen LogP contribution in [0.25, 0.3) is 22.2 Å². The van der Waals surface area contributed by atoms with Crippen molar-refractivity contribution in [3.8, 4) is 11.3 Å². The number of amides is 1. The highest BCUT2D eigenvalue weighted by Gasteiger charge is 2.36. The third kappa shape index (κ3) is 5.53. The molecule has 0 spiro atoms. The van der Waals surface area contributed by atoms with Crippen LogP contribution >= 0.6 is 0 Å². The summed E-state index contributed by atoms with van der Waals surface area (Å²) in [5, 5.41) is 0.640. The first kappa shape index (κ1) is 24.9. The number of nitrogens with zero attached hydrogens (tertiary/aromatic N) is 2. The summed E-state index contributed by atoms with van der Waals surface area (Å²) in [4.78, 5) is 32.6. The number of aryl methyl sites for hydroxylation is 1. The van der Waals surface area contributed by atoms with Crippen LogP contribution in [0, 0.1) is 6.92 Å². The Morgan fingerprint density at radius 1 is 1.14 bits per heavy atom. The summed E-state index contributed by atoms with van der Waals surface area (Å²) in [5.74, 6) is -0.977. The Bertz CT molecular complexity index is 1350. The van der Waals surface area contributed by atoms with E-state index in [1.807, 2.05) is 63.2 Å². The van der Waals surface area contributed by atoms with Crippen molar-refractivity contribution in [1.82, 2.24) is 9.88 Å². The summed E-state index contributed by atoms with van der Waals surface area (Å²) in [5.41, 5.74) is 3.61. The Balaban J connectivity index is 1.58. The van der Waals surface area contributed by atoms with E-state index >= 15 is 0 Å². The summed E-state index contributed by atoms with van der Waals surface area (Å²) in [6, 6.07) is 16.3. The van der Waals surface area contributed by atoms with E-state index < -0.39 is 28.5 Å². The molecule has 184 valence electrons. The van der Waals surface area contributed by atoms with Crippen LogP contribution in [0.2, 0.25) is 0 Å². The fraction of sp³-hybridized carbons (Fsp3) is 0.370. The Morgan fingerprint density at radius 3 is 2.51 bits per heavy atom. The number of para-hydroxylation sites is 1. The van der Waals surface area contributed by atoms with E-state index in [0.29, 0.717) is 35.0 Å². The number of esters is 1. The molecule has 0 N–H and O–H groups in total. The maximum Gasteiger partial charge on any atom is 0.339 e. The highest BCUT2D eigenvalue weighted by molar-refractivity contribution is 7.91. The minimum Gasteiger partial charge on any atom is -0.452 e. The molecular weight excluding hydrogens is 464 g/mol. The molecular formula is C27H30N2O5S. The van der Waals surface area contributed by atoms with Gasteiger partial charge in [0.05, 0.1) is 28.3 Å². The summed E-state index contributed by atoms with van der Waals surface area (Å²) in [7, 11) is -3.16. The molecule has 2 aromatic carbocycles. The van der Waals surface area contributed by atoms with Crippen LogP contribution in [0.5, 0.6) is 0 Å². The minimum atomic E-state index is -3.16. The molecule has 1 saturated heterocycles.